The number of carbonyl (C=O) groups excluding carboxylic acids is 1. The highest BCUT2D eigenvalue weighted by atomic mass is 16.7. The van der Waals surface area contributed by atoms with E-state index >= 15 is 0 Å². The Bertz CT molecular complexity index is 392. The summed E-state index contributed by atoms with van der Waals surface area (Å²) in [6.45, 7) is 3.45. The Morgan fingerprint density at radius 2 is 1.82 bits per heavy atom. The van der Waals surface area contributed by atoms with Crippen LogP contribution in [0.4, 0.5) is 4.79 Å². The molecule has 1 N–H and O–H groups in total. The fourth-order valence-electron chi connectivity index (χ4n) is 1.65. The Kier molecular flexibility index (Phi) is 4.26. The van der Waals surface area contributed by atoms with Crippen LogP contribution in [0, 0.1) is 0 Å². The van der Waals surface area contributed by atoms with Gasteiger partial charge in [0.2, 0.25) is 0 Å². The third kappa shape index (κ3) is 4.68. The summed E-state index contributed by atoms with van der Waals surface area (Å²) >= 11 is 0. The Morgan fingerprint density at radius 3 is 2.29 bits per heavy atom. The van der Waals surface area contributed by atoms with E-state index < -0.39 is 11.8 Å². The third-order valence-corrected chi connectivity index (χ3v) is 2.34. The van der Waals surface area contributed by atoms with Crippen LogP contribution in [-0.4, -0.2) is 23.1 Å². The van der Waals surface area contributed by atoms with Gasteiger partial charge in [-0.3, -0.25) is 0 Å². The minimum absolute atomic E-state index is 0.398. The van der Waals surface area contributed by atoms with E-state index in [4.69, 9.17) is 9.84 Å². The SMILES string of the molecule is CC(C)(Cc1ccc(CC=O)cc1)OC(=O)O. The van der Waals surface area contributed by atoms with Gasteiger partial charge in [-0.15, -0.1) is 0 Å². The van der Waals surface area contributed by atoms with E-state index in [0.717, 1.165) is 17.4 Å². The molecule has 0 saturated carbocycles. The molecular weight excluding hydrogens is 220 g/mol. The molecular formula is C13H16O4. The Morgan fingerprint density at radius 1 is 1.29 bits per heavy atom. The molecule has 0 aromatic heterocycles. The number of hydrogen-bond acceptors (Lipinski definition) is 3. The van der Waals surface area contributed by atoms with E-state index in [1.54, 1.807) is 13.8 Å². The highest BCUT2D eigenvalue weighted by Gasteiger charge is 2.22. The van der Waals surface area contributed by atoms with Crippen LogP contribution in [0.3, 0.4) is 0 Å². The standard InChI is InChI=1S/C13H16O4/c1-13(2,17-12(15)16)9-11-5-3-10(4-6-11)7-8-14/h3-6,8H,7,9H2,1-2H3,(H,15,16). The quantitative estimate of drug-likeness (QED) is 0.630. The fourth-order valence-corrected chi connectivity index (χ4v) is 1.65. The molecule has 0 bridgehead atoms. The molecule has 0 atom stereocenters. The second kappa shape index (κ2) is 5.48. The van der Waals surface area contributed by atoms with E-state index in [1.807, 2.05) is 24.3 Å². The maximum absolute atomic E-state index is 10.5. The minimum Gasteiger partial charge on any atom is -0.450 e. The summed E-state index contributed by atoms with van der Waals surface area (Å²) in [5, 5.41) is 8.58. The summed E-state index contributed by atoms with van der Waals surface area (Å²) in [5.41, 5.74) is 1.17. The van der Waals surface area contributed by atoms with E-state index in [9.17, 15) is 9.59 Å². The molecule has 0 aliphatic heterocycles. The smallest absolute Gasteiger partial charge is 0.450 e. The molecule has 0 fully saturated rings. The second-order valence-corrected chi connectivity index (χ2v) is 4.49. The lowest BCUT2D eigenvalue weighted by molar-refractivity contribution is -0.107. The molecule has 0 aliphatic carbocycles. The minimum atomic E-state index is -1.27. The van der Waals surface area contributed by atoms with Gasteiger partial charge >= 0.3 is 6.16 Å². The normalized spacial score (nSPS) is 10.9. The molecule has 0 saturated heterocycles. The van der Waals surface area contributed by atoms with Gasteiger partial charge in [-0.25, -0.2) is 4.79 Å². The fraction of sp³-hybridized carbons (Fsp3) is 0.385. The van der Waals surface area contributed by atoms with Gasteiger partial charge in [-0.2, -0.15) is 0 Å². The van der Waals surface area contributed by atoms with Crippen molar-refractivity contribution in [1.82, 2.24) is 0 Å². The van der Waals surface area contributed by atoms with E-state index in [0.29, 0.717) is 12.8 Å². The van der Waals surface area contributed by atoms with Crippen molar-refractivity contribution in [2.24, 2.45) is 0 Å². The Hall–Kier alpha value is -1.84. The molecule has 0 unspecified atom stereocenters. The van der Waals surface area contributed by atoms with E-state index in [-0.39, 0.29) is 0 Å². The predicted molar refractivity (Wildman–Crippen MR) is 63.1 cm³/mol. The zero-order valence-electron chi connectivity index (χ0n) is 9.97. The van der Waals surface area contributed by atoms with Gasteiger partial charge in [0.25, 0.3) is 0 Å². The number of hydrogen-bond donors (Lipinski definition) is 1. The van der Waals surface area contributed by atoms with Crippen molar-refractivity contribution in [3.63, 3.8) is 0 Å². The largest absolute Gasteiger partial charge is 0.506 e. The number of ether oxygens (including phenoxy) is 1. The maximum atomic E-state index is 10.5. The Balaban J connectivity index is 2.68. The van der Waals surface area contributed by atoms with Crippen LogP contribution < -0.4 is 0 Å². The number of benzene rings is 1. The van der Waals surface area contributed by atoms with Gasteiger partial charge < -0.3 is 14.6 Å². The molecule has 4 nitrogen and oxygen atoms in total. The molecule has 4 heteroatoms. The number of carbonyl (C=O) groups is 2. The Labute approximate surface area is 100 Å². The highest BCUT2D eigenvalue weighted by molar-refractivity contribution is 5.57. The highest BCUT2D eigenvalue weighted by Crippen LogP contribution is 2.17. The molecule has 0 amide bonds. The van der Waals surface area contributed by atoms with Crippen molar-refractivity contribution in [2.45, 2.75) is 32.3 Å². The monoisotopic (exact) mass is 236 g/mol. The van der Waals surface area contributed by atoms with Crippen LogP contribution in [0.5, 0.6) is 0 Å². The van der Waals surface area contributed by atoms with Gasteiger partial charge in [0.05, 0.1) is 0 Å². The zero-order valence-corrected chi connectivity index (χ0v) is 9.97. The lowest BCUT2D eigenvalue weighted by atomic mass is 9.97. The van der Waals surface area contributed by atoms with Gasteiger partial charge in [0, 0.05) is 12.8 Å². The first-order valence-corrected chi connectivity index (χ1v) is 5.36. The topological polar surface area (TPSA) is 63.6 Å². The van der Waals surface area contributed by atoms with Crippen LogP contribution in [0.15, 0.2) is 24.3 Å². The molecule has 92 valence electrons. The number of carboxylic acid groups (broad SMARTS) is 1. The van der Waals surface area contributed by atoms with Crippen molar-refractivity contribution in [3.8, 4) is 0 Å². The number of aldehydes is 1. The predicted octanol–water partition coefficient (Wildman–Crippen LogP) is 2.44. The van der Waals surface area contributed by atoms with Crippen LogP contribution >= 0.6 is 0 Å². The van der Waals surface area contributed by atoms with Crippen molar-refractivity contribution in [1.29, 1.82) is 0 Å². The summed E-state index contributed by atoms with van der Waals surface area (Å²) in [6.07, 6.45) is 0.482. The van der Waals surface area contributed by atoms with Crippen LogP contribution in [0.1, 0.15) is 25.0 Å². The van der Waals surface area contributed by atoms with Crippen LogP contribution in [0.2, 0.25) is 0 Å². The molecule has 0 aliphatic rings. The summed E-state index contributed by atoms with van der Waals surface area (Å²) in [7, 11) is 0. The summed E-state index contributed by atoms with van der Waals surface area (Å²) in [5.74, 6) is 0. The van der Waals surface area contributed by atoms with E-state index in [1.165, 1.54) is 0 Å². The van der Waals surface area contributed by atoms with Gasteiger partial charge in [0.15, 0.2) is 0 Å². The second-order valence-electron chi connectivity index (χ2n) is 4.49. The van der Waals surface area contributed by atoms with Gasteiger partial charge in [-0.1, -0.05) is 24.3 Å². The lowest BCUT2D eigenvalue weighted by Crippen LogP contribution is -2.29. The zero-order chi connectivity index (χ0) is 12.9. The first-order chi connectivity index (χ1) is 7.93. The van der Waals surface area contributed by atoms with Crippen molar-refractivity contribution >= 4 is 12.4 Å². The third-order valence-electron chi connectivity index (χ3n) is 2.34. The average molecular weight is 236 g/mol. The van der Waals surface area contributed by atoms with Crippen LogP contribution in [-0.2, 0) is 22.4 Å². The van der Waals surface area contributed by atoms with E-state index in [2.05, 4.69) is 0 Å². The first kappa shape index (κ1) is 13.2. The maximum Gasteiger partial charge on any atom is 0.506 e. The molecule has 1 aromatic rings. The molecule has 1 aromatic carbocycles. The average Bonchev–Trinajstić information content (AvgIpc) is 2.18. The molecule has 0 spiro atoms. The summed E-state index contributed by atoms with van der Waals surface area (Å²) in [6, 6.07) is 7.48. The molecule has 17 heavy (non-hydrogen) atoms. The molecule has 0 heterocycles. The lowest BCUT2D eigenvalue weighted by Gasteiger charge is -2.23. The number of rotatable bonds is 5. The molecule has 1 rings (SSSR count). The molecule has 0 radical (unpaired) electrons. The van der Waals surface area contributed by atoms with Crippen molar-refractivity contribution < 1.29 is 19.4 Å². The summed E-state index contributed by atoms with van der Waals surface area (Å²) < 4.78 is 4.78. The summed E-state index contributed by atoms with van der Waals surface area (Å²) in [4.78, 5) is 20.8. The van der Waals surface area contributed by atoms with Crippen molar-refractivity contribution in [3.05, 3.63) is 35.4 Å². The first-order valence-electron chi connectivity index (χ1n) is 5.36. The van der Waals surface area contributed by atoms with Gasteiger partial charge in [0.1, 0.15) is 11.9 Å². The van der Waals surface area contributed by atoms with Crippen LogP contribution in [0.25, 0.3) is 0 Å². The van der Waals surface area contributed by atoms with Crippen molar-refractivity contribution in [2.75, 3.05) is 0 Å². The van der Waals surface area contributed by atoms with Gasteiger partial charge in [-0.05, 0) is 25.0 Å².